The summed E-state index contributed by atoms with van der Waals surface area (Å²) in [6.45, 7) is 3.31. The van der Waals surface area contributed by atoms with Crippen LogP contribution in [0.15, 0.2) is 24.3 Å². The van der Waals surface area contributed by atoms with Crippen LogP contribution in [0.5, 0.6) is 0 Å². The molecule has 1 aromatic carbocycles. The van der Waals surface area contributed by atoms with Gasteiger partial charge in [-0.3, -0.25) is 9.59 Å². The fourth-order valence-corrected chi connectivity index (χ4v) is 1.52. The molecule has 1 aromatic rings. The highest BCUT2D eigenvalue weighted by atomic mass is 19.1. The Bertz CT molecular complexity index is 430. The number of nitrogens with zero attached hydrogens (tertiary/aromatic N) is 1. The van der Waals surface area contributed by atoms with E-state index in [0.717, 1.165) is 0 Å². The third kappa shape index (κ3) is 3.55. The molecule has 0 bridgehead atoms. The molecule has 1 atom stereocenters. The molecule has 0 saturated heterocycles. The predicted molar refractivity (Wildman–Crippen MR) is 65.8 cm³/mol. The van der Waals surface area contributed by atoms with Gasteiger partial charge in [0.1, 0.15) is 5.82 Å². The summed E-state index contributed by atoms with van der Waals surface area (Å²) in [5.74, 6) is -2.22. The van der Waals surface area contributed by atoms with Gasteiger partial charge in [-0.1, -0.05) is 13.8 Å². The summed E-state index contributed by atoms with van der Waals surface area (Å²) in [7, 11) is 0. The average Bonchev–Trinajstić information content (AvgIpc) is 2.35. The molecule has 5 heteroatoms. The monoisotopic (exact) mass is 253 g/mol. The van der Waals surface area contributed by atoms with Gasteiger partial charge in [0.25, 0.3) is 0 Å². The van der Waals surface area contributed by atoms with E-state index in [1.165, 1.54) is 36.1 Å². The zero-order valence-corrected chi connectivity index (χ0v) is 10.4. The number of aliphatic carboxylic acids is 1. The van der Waals surface area contributed by atoms with Gasteiger partial charge in [-0.25, -0.2) is 4.39 Å². The molecule has 0 aliphatic carbocycles. The molecule has 0 aliphatic rings. The van der Waals surface area contributed by atoms with E-state index >= 15 is 0 Å². The van der Waals surface area contributed by atoms with Crippen molar-refractivity contribution < 1.29 is 19.1 Å². The van der Waals surface area contributed by atoms with Crippen molar-refractivity contribution >= 4 is 17.6 Å². The summed E-state index contributed by atoms with van der Waals surface area (Å²) in [6.07, 6.45) is 0.268. The molecule has 1 amide bonds. The largest absolute Gasteiger partial charge is 0.481 e. The van der Waals surface area contributed by atoms with E-state index in [0.29, 0.717) is 5.69 Å². The van der Waals surface area contributed by atoms with Crippen molar-refractivity contribution in [1.29, 1.82) is 0 Å². The summed E-state index contributed by atoms with van der Waals surface area (Å²) >= 11 is 0. The van der Waals surface area contributed by atoms with Gasteiger partial charge in [0, 0.05) is 18.7 Å². The highest BCUT2D eigenvalue weighted by molar-refractivity contribution is 5.93. The molecule has 0 spiro atoms. The lowest BCUT2D eigenvalue weighted by Gasteiger charge is -2.24. The van der Waals surface area contributed by atoms with Gasteiger partial charge in [-0.05, 0) is 24.3 Å². The van der Waals surface area contributed by atoms with Crippen molar-refractivity contribution in [2.24, 2.45) is 5.92 Å². The van der Waals surface area contributed by atoms with E-state index in [4.69, 9.17) is 5.11 Å². The fraction of sp³-hybridized carbons (Fsp3) is 0.385. The van der Waals surface area contributed by atoms with E-state index in [-0.39, 0.29) is 18.9 Å². The molecular weight excluding hydrogens is 237 g/mol. The van der Waals surface area contributed by atoms with Crippen LogP contribution < -0.4 is 4.90 Å². The van der Waals surface area contributed by atoms with Crippen LogP contribution in [0, 0.1) is 11.7 Å². The minimum absolute atomic E-state index is 0.0770. The van der Waals surface area contributed by atoms with Crippen LogP contribution in [-0.4, -0.2) is 23.5 Å². The first-order valence-electron chi connectivity index (χ1n) is 5.74. The predicted octanol–water partition coefficient (Wildman–Crippen LogP) is 2.29. The number of halogens is 1. The second kappa shape index (κ2) is 6.14. The average molecular weight is 253 g/mol. The van der Waals surface area contributed by atoms with E-state index in [1.54, 1.807) is 6.92 Å². The summed E-state index contributed by atoms with van der Waals surface area (Å²) in [5, 5.41) is 8.88. The SMILES string of the molecule is CCC(=O)N(CC(C)C(=O)O)c1ccc(F)cc1. The van der Waals surface area contributed by atoms with Crippen LogP contribution >= 0.6 is 0 Å². The number of anilines is 1. The zero-order chi connectivity index (χ0) is 13.7. The first-order valence-corrected chi connectivity index (χ1v) is 5.74. The molecular formula is C13H16FNO3. The van der Waals surface area contributed by atoms with Crippen LogP contribution in [0.25, 0.3) is 0 Å². The lowest BCUT2D eigenvalue weighted by Crippen LogP contribution is -2.36. The lowest BCUT2D eigenvalue weighted by atomic mass is 10.1. The third-order valence-corrected chi connectivity index (χ3v) is 2.62. The topological polar surface area (TPSA) is 57.6 Å². The second-order valence-electron chi connectivity index (χ2n) is 4.07. The molecule has 0 aromatic heterocycles. The second-order valence-corrected chi connectivity index (χ2v) is 4.07. The minimum Gasteiger partial charge on any atom is -0.481 e. The summed E-state index contributed by atoms with van der Waals surface area (Å²) in [4.78, 5) is 24.0. The molecule has 1 N–H and O–H groups in total. The van der Waals surface area contributed by atoms with Gasteiger partial charge in [-0.2, -0.15) is 0 Å². The maximum absolute atomic E-state index is 12.8. The van der Waals surface area contributed by atoms with Gasteiger partial charge in [0.05, 0.1) is 5.92 Å². The number of hydrogen-bond donors (Lipinski definition) is 1. The molecule has 0 radical (unpaired) electrons. The lowest BCUT2D eigenvalue weighted by molar-refractivity contribution is -0.140. The number of hydrogen-bond acceptors (Lipinski definition) is 2. The van der Waals surface area contributed by atoms with Gasteiger partial charge >= 0.3 is 5.97 Å². The summed E-state index contributed by atoms with van der Waals surface area (Å²) < 4.78 is 12.8. The number of carbonyl (C=O) groups is 2. The maximum Gasteiger partial charge on any atom is 0.308 e. The Morgan fingerprint density at radius 3 is 2.33 bits per heavy atom. The Balaban J connectivity index is 2.94. The van der Waals surface area contributed by atoms with Crippen molar-refractivity contribution in [2.75, 3.05) is 11.4 Å². The number of rotatable bonds is 5. The van der Waals surface area contributed by atoms with E-state index in [9.17, 15) is 14.0 Å². The Morgan fingerprint density at radius 1 is 1.33 bits per heavy atom. The standard InChI is InChI=1S/C13H16FNO3/c1-3-12(16)15(8-9(2)13(17)18)11-6-4-10(14)5-7-11/h4-7,9H,3,8H2,1-2H3,(H,17,18). The van der Waals surface area contributed by atoms with Crippen molar-refractivity contribution in [3.8, 4) is 0 Å². The summed E-state index contributed by atoms with van der Waals surface area (Å²) in [5.41, 5.74) is 0.511. The van der Waals surface area contributed by atoms with E-state index < -0.39 is 17.7 Å². The Hall–Kier alpha value is -1.91. The molecule has 18 heavy (non-hydrogen) atoms. The van der Waals surface area contributed by atoms with Gasteiger partial charge in [0.15, 0.2) is 0 Å². The van der Waals surface area contributed by atoms with E-state index in [2.05, 4.69) is 0 Å². The Kier molecular flexibility index (Phi) is 4.83. The van der Waals surface area contributed by atoms with Gasteiger partial charge in [0.2, 0.25) is 5.91 Å². The van der Waals surface area contributed by atoms with Crippen molar-refractivity contribution in [3.05, 3.63) is 30.1 Å². The number of amides is 1. The highest BCUT2D eigenvalue weighted by Crippen LogP contribution is 2.17. The van der Waals surface area contributed by atoms with Crippen molar-refractivity contribution in [2.45, 2.75) is 20.3 Å². The number of carbonyl (C=O) groups excluding carboxylic acids is 1. The Labute approximate surface area is 105 Å². The molecule has 0 saturated carbocycles. The number of carboxylic acids is 1. The van der Waals surface area contributed by atoms with E-state index in [1.807, 2.05) is 0 Å². The highest BCUT2D eigenvalue weighted by Gasteiger charge is 2.20. The van der Waals surface area contributed by atoms with Gasteiger partial charge in [-0.15, -0.1) is 0 Å². The molecule has 1 unspecified atom stereocenters. The maximum atomic E-state index is 12.8. The smallest absolute Gasteiger partial charge is 0.308 e. The molecule has 1 rings (SSSR count). The molecule has 0 heterocycles. The fourth-order valence-electron chi connectivity index (χ4n) is 1.52. The van der Waals surface area contributed by atoms with Crippen LogP contribution in [-0.2, 0) is 9.59 Å². The summed E-state index contributed by atoms with van der Waals surface area (Å²) in [6, 6.07) is 5.43. The molecule has 4 nitrogen and oxygen atoms in total. The van der Waals surface area contributed by atoms with Gasteiger partial charge < -0.3 is 10.0 Å². The van der Waals surface area contributed by atoms with Crippen molar-refractivity contribution in [1.82, 2.24) is 0 Å². The number of carboxylic acid groups (broad SMARTS) is 1. The van der Waals surface area contributed by atoms with Crippen LogP contribution in [0.3, 0.4) is 0 Å². The quantitative estimate of drug-likeness (QED) is 0.875. The first kappa shape index (κ1) is 14.2. The molecule has 98 valence electrons. The Morgan fingerprint density at radius 2 is 1.89 bits per heavy atom. The van der Waals surface area contributed by atoms with Crippen LogP contribution in [0.4, 0.5) is 10.1 Å². The third-order valence-electron chi connectivity index (χ3n) is 2.62. The van der Waals surface area contributed by atoms with Crippen LogP contribution in [0.1, 0.15) is 20.3 Å². The zero-order valence-electron chi connectivity index (χ0n) is 10.4. The minimum atomic E-state index is -0.967. The van der Waals surface area contributed by atoms with Crippen LogP contribution in [0.2, 0.25) is 0 Å². The molecule has 0 fully saturated rings. The van der Waals surface area contributed by atoms with Crippen molar-refractivity contribution in [3.63, 3.8) is 0 Å². The molecule has 0 aliphatic heterocycles. The number of benzene rings is 1. The first-order chi connectivity index (χ1) is 8.45. The normalized spacial score (nSPS) is 11.9.